The van der Waals surface area contributed by atoms with E-state index in [9.17, 15) is 14.4 Å². The molecule has 4 aromatic carbocycles. The van der Waals surface area contributed by atoms with Crippen LogP contribution in [0.4, 0.5) is 21.9 Å². The summed E-state index contributed by atoms with van der Waals surface area (Å²) in [5, 5.41) is 5.15. The molecule has 4 aromatic rings. The number of barbiturate groups is 1. The molecule has 2 heterocycles. The van der Waals surface area contributed by atoms with Gasteiger partial charge in [0.05, 0.1) is 17.1 Å². The van der Waals surface area contributed by atoms with E-state index in [4.69, 9.17) is 4.74 Å². The van der Waals surface area contributed by atoms with Crippen molar-refractivity contribution in [3.63, 3.8) is 0 Å². The smallest absolute Gasteiger partial charge is 0.343 e. The molecule has 0 unspecified atom stereocenters. The molecule has 0 spiro atoms. The minimum Gasteiger partial charge on any atom is -0.438 e. The number of hydrogen-bond donors (Lipinski definition) is 1. The Balaban J connectivity index is 1.40. The predicted molar refractivity (Wildman–Crippen MR) is 138 cm³/mol. The van der Waals surface area contributed by atoms with Gasteiger partial charge in [0.2, 0.25) is 0 Å². The topological polar surface area (TPSA) is 79.0 Å². The lowest BCUT2D eigenvalue weighted by Gasteiger charge is -2.33. The van der Waals surface area contributed by atoms with Crippen molar-refractivity contribution >= 4 is 45.7 Å². The zero-order valence-corrected chi connectivity index (χ0v) is 18.9. The number of rotatable bonds is 3. The van der Waals surface area contributed by atoms with E-state index in [2.05, 4.69) is 5.32 Å². The highest BCUT2D eigenvalue weighted by Crippen LogP contribution is 2.40. The number of amides is 4. The lowest BCUT2D eigenvalue weighted by Crippen LogP contribution is -2.57. The molecule has 0 bridgehead atoms. The minimum absolute atomic E-state index is 0.166. The summed E-state index contributed by atoms with van der Waals surface area (Å²) in [6, 6.07) is 28.1. The summed E-state index contributed by atoms with van der Waals surface area (Å²) in [4.78, 5) is 42.2. The Morgan fingerprint density at radius 1 is 0.639 bits per heavy atom. The molecule has 0 aromatic heterocycles. The van der Waals surface area contributed by atoms with Crippen LogP contribution in [-0.2, 0) is 9.59 Å². The Labute approximate surface area is 206 Å². The Morgan fingerprint density at radius 2 is 1.22 bits per heavy atom. The van der Waals surface area contributed by atoms with E-state index < -0.39 is 17.8 Å². The monoisotopic (exact) mass is 473 g/mol. The summed E-state index contributed by atoms with van der Waals surface area (Å²) >= 11 is 0. The molecule has 36 heavy (non-hydrogen) atoms. The molecule has 7 heteroatoms. The van der Waals surface area contributed by atoms with Crippen LogP contribution in [0, 0.1) is 0 Å². The maximum atomic E-state index is 13.4. The molecule has 174 valence electrons. The van der Waals surface area contributed by atoms with Gasteiger partial charge in [-0.25, -0.2) is 14.6 Å². The molecule has 4 amide bonds. The fourth-order valence-electron chi connectivity index (χ4n) is 4.31. The summed E-state index contributed by atoms with van der Waals surface area (Å²) in [6.07, 6.45) is 2.92. The van der Waals surface area contributed by atoms with Crippen LogP contribution in [-0.4, -0.2) is 17.8 Å². The van der Waals surface area contributed by atoms with Gasteiger partial charge in [0, 0.05) is 5.39 Å². The van der Waals surface area contributed by atoms with E-state index in [0.717, 1.165) is 26.3 Å². The number of allylic oxidation sites excluding steroid dienone is 2. The molecule has 0 aliphatic carbocycles. The molecule has 0 atom stereocenters. The molecule has 0 saturated carbocycles. The average molecular weight is 473 g/mol. The number of anilines is 3. The van der Waals surface area contributed by atoms with Gasteiger partial charge in [0.15, 0.2) is 11.6 Å². The molecule has 2 aliphatic rings. The van der Waals surface area contributed by atoms with Crippen LogP contribution in [0.2, 0.25) is 0 Å². The van der Waals surface area contributed by atoms with Gasteiger partial charge >= 0.3 is 6.03 Å². The van der Waals surface area contributed by atoms with Crippen LogP contribution in [0.15, 0.2) is 121 Å². The lowest BCUT2D eigenvalue weighted by molar-refractivity contribution is -0.121. The van der Waals surface area contributed by atoms with Crippen LogP contribution in [0.5, 0.6) is 5.75 Å². The van der Waals surface area contributed by atoms with Crippen molar-refractivity contribution in [3.05, 3.63) is 121 Å². The van der Waals surface area contributed by atoms with Gasteiger partial charge in [0.1, 0.15) is 5.57 Å². The number of nitrogens with one attached hydrogen (secondary N) is 1. The number of ether oxygens (including phenoxy) is 1. The number of para-hydroxylation sites is 2. The maximum Gasteiger partial charge on any atom is 0.343 e. The van der Waals surface area contributed by atoms with E-state index in [-0.39, 0.29) is 5.57 Å². The van der Waals surface area contributed by atoms with E-state index in [1.165, 1.54) is 12.2 Å². The first kappa shape index (κ1) is 21.4. The number of fused-ring (bicyclic) bond motifs is 3. The molecular formula is C29H19N3O4. The van der Waals surface area contributed by atoms with Crippen molar-refractivity contribution in [2.45, 2.75) is 0 Å². The Kier molecular flexibility index (Phi) is 5.08. The number of benzene rings is 4. The maximum absolute atomic E-state index is 13.4. The van der Waals surface area contributed by atoms with Crippen LogP contribution >= 0.6 is 0 Å². The Morgan fingerprint density at radius 3 is 1.86 bits per heavy atom. The van der Waals surface area contributed by atoms with Crippen molar-refractivity contribution < 1.29 is 19.1 Å². The van der Waals surface area contributed by atoms with Gasteiger partial charge in [-0.05, 0) is 47.9 Å². The Bertz CT molecular complexity index is 1530. The molecule has 0 radical (unpaired) electrons. The minimum atomic E-state index is -0.735. The Hall–Kier alpha value is -5.17. The van der Waals surface area contributed by atoms with Gasteiger partial charge in [-0.2, -0.15) is 0 Å². The van der Waals surface area contributed by atoms with E-state index in [1.807, 2.05) is 36.4 Å². The van der Waals surface area contributed by atoms with E-state index in [1.54, 1.807) is 60.7 Å². The zero-order chi connectivity index (χ0) is 24.6. The number of urea groups is 1. The SMILES string of the molecule is O=C1C(=CC=C2Nc3ccc4ccccc4c3O2)C(=O)N(c2ccccc2)C(=O)N1c1ccccc1. The van der Waals surface area contributed by atoms with Crippen LogP contribution in [0.1, 0.15) is 0 Å². The van der Waals surface area contributed by atoms with E-state index in [0.29, 0.717) is 23.0 Å². The van der Waals surface area contributed by atoms with Gasteiger partial charge in [-0.15, -0.1) is 0 Å². The fourth-order valence-corrected chi connectivity index (χ4v) is 4.31. The first-order chi connectivity index (χ1) is 17.6. The normalized spacial score (nSPS) is 16.3. The number of carbonyl (C=O) groups excluding carboxylic acids is 3. The average Bonchev–Trinajstić information content (AvgIpc) is 3.33. The molecule has 6 rings (SSSR count). The zero-order valence-electron chi connectivity index (χ0n) is 18.9. The molecule has 2 aliphatic heterocycles. The summed E-state index contributed by atoms with van der Waals surface area (Å²) in [5.74, 6) is -0.377. The number of imide groups is 2. The third-order valence-electron chi connectivity index (χ3n) is 6.03. The third kappa shape index (κ3) is 3.50. The summed E-state index contributed by atoms with van der Waals surface area (Å²) < 4.78 is 6.01. The highest BCUT2D eigenvalue weighted by atomic mass is 16.5. The van der Waals surface area contributed by atoms with Crippen molar-refractivity contribution in [2.24, 2.45) is 0 Å². The number of carbonyl (C=O) groups is 3. The molecule has 1 fully saturated rings. The van der Waals surface area contributed by atoms with Gasteiger partial charge in [-0.3, -0.25) is 9.59 Å². The number of hydrogen-bond acceptors (Lipinski definition) is 5. The molecular weight excluding hydrogens is 454 g/mol. The summed E-state index contributed by atoms with van der Waals surface area (Å²) in [6.45, 7) is 0. The molecule has 1 saturated heterocycles. The van der Waals surface area contributed by atoms with Gasteiger partial charge < -0.3 is 10.1 Å². The largest absolute Gasteiger partial charge is 0.438 e. The first-order valence-electron chi connectivity index (χ1n) is 11.3. The van der Waals surface area contributed by atoms with Crippen LogP contribution < -0.4 is 19.9 Å². The quantitative estimate of drug-likeness (QED) is 0.309. The molecule has 1 N–H and O–H groups in total. The van der Waals surface area contributed by atoms with Crippen LogP contribution in [0.3, 0.4) is 0 Å². The van der Waals surface area contributed by atoms with Crippen molar-refractivity contribution in [1.29, 1.82) is 0 Å². The highest BCUT2D eigenvalue weighted by Gasteiger charge is 2.43. The molecule has 7 nitrogen and oxygen atoms in total. The first-order valence-corrected chi connectivity index (χ1v) is 11.3. The van der Waals surface area contributed by atoms with Gasteiger partial charge in [0.25, 0.3) is 11.8 Å². The number of nitrogens with zero attached hydrogens (tertiary/aromatic N) is 2. The van der Waals surface area contributed by atoms with Crippen LogP contribution in [0.25, 0.3) is 10.8 Å². The summed E-state index contributed by atoms with van der Waals surface area (Å²) in [5.41, 5.74) is 1.36. The van der Waals surface area contributed by atoms with Crippen molar-refractivity contribution in [3.8, 4) is 5.75 Å². The summed E-state index contributed by atoms with van der Waals surface area (Å²) in [7, 11) is 0. The second-order valence-corrected chi connectivity index (χ2v) is 8.24. The second-order valence-electron chi connectivity index (χ2n) is 8.24. The predicted octanol–water partition coefficient (Wildman–Crippen LogP) is 5.61. The lowest BCUT2D eigenvalue weighted by atomic mass is 10.1. The third-order valence-corrected chi connectivity index (χ3v) is 6.03. The standard InChI is InChI=1S/C29H19N3O4/c33-27-23(16-18-25-30-24-17-15-19-9-7-8-14-22(19)26(24)36-25)28(34)32(21-12-5-2-6-13-21)29(35)31(27)20-10-3-1-4-11-20/h1-18,30H. The van der Waals surface area contributed by atoms with Crippen molar-refractivity contribution in [1.82, 2.24) is 0 Å². The fraction of sp³-hybridized carbons (Fsp3) is 0. The second kappa shape index (κ2) is 8.56. The van der Waals surface area contributed by atoms with Crippen molar-refractivity contribution in [2.75, 3.05) is 15.1 Å². The van der Waals surface area contributed by atoms with E-state index >= 15 is 0 Å². The van der Waals surface area contributed by atoms with Gasteiger partial charge in [-0.1, -0.05) is 66.7 Å². The highest BCUT2D eigenvalue weighted by molar-refractivity contribution is 6.45.